The molecule has 0 bridgehead atoms. The summed E-state index contributed by atoms with van der Waals surface area (Å²) >= 11 is 0. The van der Waals surface area contributed by atoms with Crippen molar-refractivity contribution in [2.24, 2.45) is 0 Å². The van der Waals surface area contributed by atoms with Crippen molar-refractivity contribution in [2.45, 2.75) is 38.6 Å². The van der Waals surface area contributed by atoms with Crippen LogP contribution in [0.1, 0.15) is 46.1 Å². The number of halogens is 1. The SMILES string of the molecule is Cc1c(C(=O)O)cc(C2CCN(C)CC2)n1CCc1ccc(F)cc1. The lowest BCUT2D eigenvalue weighted by Crippen LogP contribution is -2.30. The van der Waals surface area contributed by atoms with Crippen molar-refractivity contribution in [3.8, 4) is 0 Å². The van der Waals surface area contributed by atoms with Crippen LogP contribution in [0.2, 0.25) is 0 Å². The molecule has 1 aliphatic rings. The lowest BCUT2D eigenvalue weighted by atomic mass is 9.93. The Morgan fingerprint density at radius 2 is 1.88 bits per heavy atom. The molecule has 1 saturated heterocycles. The van der Waals surface area contributed by atoms with Crippen molar-refractivity contribution in [2.75, 3.05) is 20.1 Å². The van der Waals surface area contributed by atoms with Crippen LogP contribution in [0.4, 0.5) is 4.39 Å². The Hall–Kier alpha value is -2.14. The minimum absolute atomic E-state index is 0.235. The maximum absolute atomic E-state index is 13.1. The van der Waals surface area contributed by atoms with E-state index in [2.05, 4.69) is 16.5 Å². The van der Waals surface area contributed by atoms with E-state index in [4.69, 9.17) is 0 Å². The van der Waals surface area contributed by atoms with E-state index in [1.54, 1.807) is 12.1 Å². The van der Waals surface area contributed by atoms with Gasteiger partial charge in [-0.15, -0.1) is 0 Å². The van der Waals surface area contributed by atoms with Gasteiger partial charge in [0.25, 0.3) is 0 Å². The van der Waals surface area contributed by atoms with Crippen LogP contribution < -0.4 is 0 Å². The summed E-state index contributed by atoms with van der Waals surface area (Å²) in [5.41, 5.74) is 3.39. The molecule has 0 amide bonds. The summed E-state index contributed by atoms with van der Waals surface area (Å²) in [4.78, 5) is 13.9. The molecule has 2 heterocycles. The minimum Gasteiger partial charge on any atom is -0.478 e. The molecule has 3 rings (SSSR count). The van der Waals surface area contributed by atoms with Crippen LogP contribution in [-0.4, -0.2) is 40.7 Å². The van der Waals surface area contributed by atoms with E-state index in [0.29, 0.717) is 18.0 Å². The van der Waals surface area contributed by atoms with E-state index in [0.717, 1.165) is 49.3 Å². The van der Waals surface area contributed by atoms with Crippen molar-refractivity contribution in [1.82, 2.24) is 9.47 Å². The average molecular weight is 344 g/mol. The number of hydrogen-bond donors (Lipinski definition) is 1. The molecule has 0 spiro atoms. The molecule has 0 radical (unpaired) electrons. The van der Waals surface area contributed by atoms with Crippen LogP contribution in [0.15, 0.2) is 30.3 Å². The zero-order valence-corrected chi connectivity index (χ0v) is 14.8. The van der Waals surface area contributed by atoms with Crippen LogP contribution >= 0.6 is 0 Å². The molecule has 0 saturated carbocycles. The van der Waals surface area contributed by atoms with E-state index in [9.17, 15) is 14.3 Å². The molecular formula is C20H25FN2O2. The van der Waals surface area contributed by atoms with E-state index < -0.39 is 5.97 Å². The van der Waals surface area contributed by atoms with E-state index >= 15 is 0 Å². The highest BCUT2D eigenvalue weighted by molar-refractivity contribution is 5.89. The Labute approximate surface area is 147 Å². The second-order valence-electron chi connectivity index (χ2n) is 6.98. The first kappa shape index (κ1) is 17.7. The number of aromatic carboxylic acids is 1. The highest BCUT2D eigenvalue weighted by Gasteiger charge is 2.25. The molecule has 1 aromatic carbocycles. The van der Waals surface area contributed by atoms with Crippen molar-refractivity contribution in [1.29, 1.82) is 0 Å². The fourth-order valence-electron chi connectivity index (χ4n) is 3.72. The van der Waals surface area contributed by atoms with Crippen molar-refractivity contribution in [3.63, 3.8) is 0 Å². The van der Waals surface area contributed by atoms with E-state index in [1.807, 2.05) is 13.0 Å². The summed E-state index contributed by atoms with van der Waals surface area (Å²) < 4.78 is 15.2. The number of likely N-dealkylation sites (tertiary alicyclic amines) is 1. The highest BCUT2D eigenvalue weighted by Crippen LogP contribution is 2.31. The van der Waals surface area contributed by atoms with Crippen LogP contribution in [0.25, 0.3) is 0 Å². The van der Waals surface area contributed by atoms with E-state index in [1.165, 1.54) is 12.1 Å². The molecule has 2 aromatic rings. The van der Waals surface area contributed by atoms with Gasteiger partial charge in [-0.2, -0.15) is 0 Å². The summed E-state index contributed by atoms with van der Waals surface area (Å²) in [6.07, 6.45) is 2.86. The largest absolute Gasteiger partial charge is 0.478 e. The number of aromatic nitrogens is 1. The lowest BCUT2D eigenvalue weighted by molar-refractivity contribution is 0.0696. The number of nitrogens with zero attached hydrogens (tertiary/aromatic N) is 2. The number of aryl methyl sites for hydroxylation is 1. The predicted octanol–water partition coefficient (Wildman–Crippen LogP) is 3.69. The van der Waals surface area contributed by atoms with Gasteiger partial charge in [-0.3, -0.25) is 0 Å². The number of rotatable bonds is 5. The third-order valence-electron chi connectivity index (χ3n) is 5.30. The minimum atomic E-state index is -0.868. The Kier molecular flexibility index (Phi) is 5.23. The number of carboxylic acids is 1. The quantitative estimate of drug-likeness (QED) is 0.900. The monoisotopic (exact) mass is 344 g/mol. The Bertz CT molecular complexity index is 744. The molecule has 0 atom stereocenters. The first-order valence-corrected chi connectivity index (χ1v) is 8.82. The molecule has 0 unspecified atom stereocenters. The Morgan fingerprint density at radius 1 is 1.24 bits per heavy atom. The Morgan fingerprint density at radius 3 is 2.48 bits per heavy atom. The fraction of sp³-hybridized carbons (Fsp3) is 0.450. The predicted molar refractivity (Wildman–Crippen MR) is 95.7 cm³/mol. The van der Waals surface area contributed by atoms with Crippen LogP contribution in [-0.2, 0) is 13.0 Å². The van der Waals surface area contributed by atoms with Gasteiger partial charge in [0, 0.05) is 23.9 Å². The maximum atomic E-state index is 13.1. The van der Waals surface area contributed by atoms with Gasteiger partial charge in [0.15, 0.2) is 0 Å². The molecule has 1 fully saturated rings. The first-order chi connectivity index (χ1) is 12.0. The summed E-state index contributed by atoms with van der Waals surface area (Å²) in [7, 11) is 2.12. The van der Waals surface area contributed by atoms with Gasteiger partial charge in [0.1, 0.15) is 5.82 Å². The molecule has 25 heavy (non-hydrogen) atoms. The molecule has 0 aliphatic carbocycles. The van der Waals surface area contributed by atoms with Crippen molar-refractivity contribution in [3.05, 3.63) is 58.7 Å². The molecular weight excluding hydrogens is 319 g/mol. The number of benzene rings is 1. The molecule has 5 heteroatoms. The molecule has 134 valence electrons. The summed E-state index contributed by atoms with van der Waals surface area (Å²) in [6, 6.07) is 8.39. The summed E-state index contributed by atoms with van der Waals surface area (Å²) in [5, 5.41) is 9.50. The van der Waals surface area contributed by atoms with Crippen LogP contribution in [0.3, 0.4) is 0 Å². The summed E-state index contributed by atoms with van der Waals surface area (Å²) in [6.45, 7) is 4.67. The smallest absolute Gasteiger partial charge is 0.337 e. The topological polar surface area (TPSA) is 45.5 Å². The van der Waals surface area contributed by atoms with Gasteiger partial charge >= 0.3 is 5.97 Å². The molecule has 4 nitrogen and oxygen atoms in total. The first-order valence-electron chi connectivity index (χ1n) is 8.82. The zero-order valence-electron chi connectivity index (χ0n) is 14.8. The Balaban J connectivity index is 1.85. The molecule has 1 N–H and O–H groups in total. The normalized spacial score (nSPS) is 16.3. The summed E-state index contributed by atoms with van der Waals surface area (Å²) in [5.74, 6) is -0.704. The molecule has 1 aliphatic heterocycles. The zero-order chi connectivity index (χ0) is 18.0. The molecule has 1 aromatic heterocycles. The number of carboxylic acid groups (broad SMARTS) is 1. The second kappa shape index (κ2) is 7.40. The average Bonchev–Trinajstić information content (AvgIpc) is 2.92. The lowest BCUT2D eigenvalue weighted by Gasteiger charge is -2.30. The third-order valence-corrected chi connectivity index (χ3v) is 5.30. The van der Waals surface area contributed by atoms with Gasteiger partial charge in [-0.25, -0.2) is 9.18 Å². The standard InChI is InChI=1S/C20H25FN2O2/c1-14-18(20(24)25)13-19(16-8-10-22(2)11-9-16)23(14)12-7-15-3-5-17(21)6-4-15/h3-6,13,16H,7-12H2,1-2H3,(H,24,25). The number of piperidine rings is 1. The van der Waals surface area contributed by atoms with E-state index in [-0.39, 0.29) is 5.82 Å². The van der Waals surface area contributed by atoms with Gasteiger partial charge in [0.2, 0.25) is 0 Å². The van der Waals surface area contributed by atoms with Gasteiger partial charge in [-0.05, 0) is 70.1 Å². The van der Waals surface area contributed by atoms with Crippen LogP contribution in [0, 0.1) is 12.7 Å². The van der Waals surface area contributed by atoms with Gasteiger partial charge in [0.05, 0.1) is 5.56 Å². The number of hydrogen-bond acceptors (Lipinski definition) is 2. The van der Waals surface area contributed by atoms with Crippen LogP contribution in [0.5, 0.6) is 0 Å². The number of carbonyl (C=O) groups is 1. The maximum Gasteiger partial charge on any atom is 0.337 e. The fourth-order valence-corrected chi connectivity index (χ4v) is 3.72. The van der Waals surface area contributed by atoms with Gasteiger partial charge < -0.3 is 14.6 Å². The highest BCUT2D eigenvalue weighted by atomic mass is 19.1. The van der Waals surface area contributed by atoms with Crippen molar-refractivity contribution < 1.29 is 14.3 Å². The third kappa shape index (κ3) is 3.93. The van der Waals surface area contributed by atoms with Gasteiger partial charge in [-0.1, -0.05) is 12.1 Å². The second-order valence-corrected chi connectivity index (χ2v) is 6.98. The van der Waals surface area contributed by atoms with Crippen molar-refractivity contribution >= 4 is 5.97 Å².